The molecule has 1 aromatic carbocycles. The molecule has 3 saturated heterocycles. The molecule has 0 saturated carbocycles. The van der Waals surface area contributed by atoms with Crippen molar-refractivity contribution in [2.24, 2.45) is 0 Å². The first-order valence-electron chi connectivity index (χ1n) is 14.8. The van der Waals surface area contributed by atoms with Gasteiger partial charge in [-0.25, -0.2) is 9.97 Å². The summed E-state index contributed by atoms with van der Waals surface area (Å²) in [5, 5.41) is 7.55. The number of thioether (sulfide) groups is 1. The van der Waals surface area contributed by atoms with Gasteiger partial charge in [-0.1, -0.05) is 11.8 Å². The third-order valence-electron chi connectivity index (χ3n) is 8.05. The molecule has 0 atom stereocenters. The minimum Gasteiger partial charge on any atom is -0.378 e. The fraction of sp³-hybridized carbons (Fsp3) is 0.621. The normalized spacial score (nSPS) is 19.0. The van der Waals surface area contributed by atoms with E-state index >= 15 is 0 Å². The van der Waals surface area contributed by atoms with Crippen molar-refractivity contribution >= 4 is 40.7 Å². The van der Waals surface area contributed by atoms with Crippen molar-refractivity contribution in [1.29, 1.82) is 0 Å². The van der Waals surface area contributed by atoms with Gasteiger partial charge in [0.1, 0.15) is 11.6 Å². The Labute approximate surface area is 248 Å². The van der Waals surface area contributed by atoms with Gasteiger partial charge in [-0.3, -0.25) is 4.79 Å². The van der Waals surface area contributed by atoms with Gasteiger partial charge >= 0.3 is 0 Å². The number of morpholine rings is 1. The highest BCUT2D eigenvalue weighted by Crippen LogP contribution is 2.25. The molecule has 3 aliphatic heterocycles. The summed E-state index contributed by atoms with van der Waals surface area (Å²) >= 11 is 1.54. The summed E-state index contributed by atoms with van der Waals surface area (Å²) in [6.45, 7) is 13.3. The van der Waals surface area contributed by atoms with Gasteiger partial charge in [0.15, 0.2) is 5.16 Å². The summed E-state index contributed by atoms with van der Waals surface area (Å²) in [6.07, 6.45) is 3.07. The Morgan fingerprint density at radius 1 is 0.927 bits per heavy atom. The van der Waals surface area contributed by atoms with Crippen molar-refractivity contribution in [3.63, 3.8) is 0 Å². The molecule has 12 heteroatoms. The van der Waals surface area contributed by atoms with E-state index in [1.54, 1.807) is 0 Å². The molecule has 4 heterocycles. The van der Waals surface area contributed by atoms with Crippen LogP contribution in [-0.4, -0.2) is 142 Å². The van der Waals surface area contributed by atoms with Crippen molar-refractivity contribution in [2.45, 2.75) is 11.6 Å². The minimum absolute atomic E-state index is 0.180. The number of likely N-dealkylation sites (N-methyl/N-ethyl adjacent to an activating group) is 1. The highest BCUT2D eigenvalue weighted by Gasteiger charge is 2.23. The van der Waals surface area contributed by atoms with Crippen LogP contribution in [-0.2, 0) is 9.53 Å². The van der Waals surface area contributed by atoms with Gasteiger partial charge in [0.25, 0.3) is 0 Å². The molecule has 5 rings (SSSR count). The predicted molar refractivity (Wildman–Crippen MR) is 167 cm³/mol. The zero-order chi connectivity index (χ0) is 28.4. The van der Waals surface area contributed by atoms with Crippen LogP contribution in [0.5, 0.6) is 0 Å². The molecule has 41 heavy (non-hydrogen) atoms. The molecule has 1 aromatic heterocycles. The second kappa shape index (κ2) is 15.0. The number of hydrogen-bond acceptors (Lipinski definition) is 11. The molecule has 0 radical (unpaired) electrons. The topological polar surface area (TPSA) is 92.3 Å². The van der Waals surface area contributed by atoms with Crippen molar-refractivity contribution in [3.8, 4) is 0 Å². The quantitative estimate of drug-likeness (QED) is 0.230. The van der Waals surface area contributed by atoms with E-state index < -0.39 is 0 Å². The Kier molecular flexibility index (Phi) is 10.9. The van der Waals surface area contributed by atoms with Gasteiger partial charge in [-0.05, 0) is 57.1 Å². The molecule has 3 aliphatic rings. The lowest BCUT2D eigenvalue weighted by Gasteiger charge is -2.35. The fourth-order valence-electron chi connectivity index (χ4n) is 5.45. The fourth-order valence-corrected chi connectivity index (χ4v) is 5.82. The lowest BCUT2D eigenvalue weighted by molar-refractivity contribution is -0.130. The number of benzene rings is 1. The smallest absolute Gasteiger partial charge is 0.236 e. The summed E-state index contributed by atoms with van der Waals surface area (Å²) in [7, 11) is 2.18. The van der Waals surface area contributed by atoms with Crippen LogP contribution in [0.1, 0.15) is 6.42 Å². The number of nitrogens with one attached hydrogen (secondary N) is 2. The number of nitrogens with zero attached hydrogens (tertiary/aromatic N) is 7. The molecular formula is C29H45N9O2S. The molecule has 0 spiro atoms. The summed E-state index contributed by atoms with van der Waals surface area (Å²) in [5.41, 5.74) is 2.20. The number of piperazine rings is 2. The monoisotopic (exact) mass is 583 g/mol. The first-order chi connectivity index (χ1) is 20.1. The molecule has 0 aliphatic carbocycles. The summed E-state index contributed by atoms with van der Waals surface area (Å²) in [5.74, 6) is 1.85. The first kappa shape index (κ1) is 29.8. The average molecular weight is 584 g/mol. The minimum atomic E-state index is 0.180. The van der Waals surface area contributed by atoms with E-state index in [0.29, 0.717) is 19.6 Å². The maximum atomic E-state index is 12.8. The van der Waals surface area contributed by atoms with Crippen LogP contribution in [0.15, 0.2) is 35.5 Å². The van der Waals surface area contributed by atoms with Gasteiger partial charge in [0, 0.05) is 82.9 Å². The molecule has 2 N–H and O–H groups in total. The van der Waals surface area contributed by atoms with Crippen molar-refractivity contribution < 1.29 is 9.53 Å². The maximum Gasteiger partial charge on any atom is 0.236 e. The van der Waals surface area contributed by atoms with Crippen molar-refractivity contribution in [2.75, 3.05) is 127 Å². The van der Waals surface area contributed by atoms with E-state index in [-0.39, 0.29) is 5.91 Å². The SMILES string of the molecule is CSc1nc(Nc2ccc(N3CCOCC3)cc2)cc(N2CCN(C(=O)CNCCCN3CCN(C)CC3)CC2)n1. The van der Waals surface area contributed by atoms with Gasteiger partial charge in [-0.15, -0.1) is 0 Å². The number of hydrogen-bond donors (Lipinski definition) is 2. The van der Waals surface area contributed by atoms with Crippen molar-refractivity contribution in [1.82, 2.24) is 30.0 Å². The standard InChI is InChI=1S/C29H45N9O2S/c1-34-10-12-35(13-11-34)9-3-8-30-23-28(39)38-16-14-37(15-17-38)27-22-26(32-29(33-27)41-2)31-24-4-6-25(7-5-24)36-18-20-40-21-19-36/h4-7,22,30H,3,8-21,23H2,1-2H3,(H,31,32,33). The molecule has 2 aromatic rings. The Bertz CT molecular complexity index is 1100. The van der Waals surface area contributed by atoms with Gasteiger partial charge in [-0.2, -0.15) is 0 Å². The third kappa shape index (κ3) is 8.68. The van der Waals surface area contributed by atoms with Crippen LogP contribution < -0.4 is 20.4 Å². The molecular weight excluding hydrogens is 538 g/mol. The molecule has 0 bridgehead atoms. The third-order valence-corrected chi connectivity index (χ3v) is 8.59. The average Bonchev–Trinajstić information content (AvgIpc) is 3.02. The molecule has 11 nitrogen and oxygen atoms in total. The van der Waals surface area contributed by atoms with Gasteiger partial charge < -0.3 is 39.9 Å². The summed E-state index contributed by atoms with van der Waals surface area (Å²) in [4.78, 5) is 33.7. The maximum absolute atomic E-state index is 12.8. The predicted octanol–water partition coefficient (Wildman–Crippen LogP) is 1.65. The van der Waals surface area contributed by atoms with E-state index in [2.05, 4.69) is 66.5 Å². The van der Waals surface area contributed by atoms with Crippen LogP contribution in [0.4, 0.5) is 23.0 Å². The molecule has 224 valence electrons. The lowest BCUT2D eigenvalue weighted by Crippen LogP contribution is -2.51. The molecule has 0 unspecified atom stereocenters. The highest BCUT2D eigenvalue weighted by molar-refractivity contribution is 7.98. The van der Waals surface area contributed by atoms with E-state index in [0.717, 1.165) is 108 Å². The van der Waals surface area contributed by atoms with Crippen molar-refractivity contribution in [3.05, 3.63) is 30.3 Å². The Morgan fingerprint density at radius 3 is 2.37 bits per heavy atom. The van der Waals surface area contributed by atoms with E-state index in [9.17, 15) is 4.79 Å². The van der Waals surface area contributed by atoms with E-state index in [4.69, 9.17) is 9.72 Å². The Morgan fingerprint density at radius 2 is 1.66 bits per heavy atom. The number of carbonyl (C=O) groups is 1. The van der Waals surface area contributed by atoms with Crippen LogP contribution in [0, 0.1) is 0 Å². The number of aromatic nitrogens is 2. The lowest BCUT2D eigenvalue weighted by atomic mass is 10.2. The largest absolute Gasteiger partial charge is 0.378 e. The van der Waals surface area contributed by atoms with Gasteiger partial charge in [0.2, 0.25) is 5.91 Å². The number of anilines is 4. The van der Waals surface area contributed by atoms with Crippen LogP contribution >= 0.6 is 11.8 Å². The molecule has 3 fully saturated rings. The Hall–Kier alpha value is -2.64. The van der Waals surface area contributed by atoms with Crippen LogP contribution in [0.2, 0.25) is 0 Å². The first-order valence-corrected chi connectivity index (χ1v) is 16.1. The van der Waals surface area contributed by atoms with E-state index in [1.807, 2.05) is 17.2 Å². The van der Waals surface area contributed by atoms with Gasteiger partial charge in [0.05, 0.1) is 19.8 Å². The van der Waals surface area contributed by atoms with E-state index in [1.165, 1.54) is 17.4 Å². The zero-order valence-electron chi connectivity index (χ0n) is 24.6. The second-order valence-electron chi connectivity index (χ2n) is 10.9. The number of rotatable bonds is 11. The molecule has 1 amide bonds. The zero-order valence-corrected chi connectivity index (χ0v) is 25.4. The van der Waals surface area contributed by atoms with Crippen LogP contribution in [0.3, 0.4) is 0 Å². The Balaban J connectivity index is 1.07. The second-order valence-corrected chi connectivity index (χ2v) is 11.7. The number of amides is 1. The number of carbonyl (C=O) groups excluding carboxylic acids is 1. The number of ether oxygens (including phenoxy) is 1. The summed E-state index contributed by atoms with van der Waals surface area (Å²) < 4.78 is 5.47. The highest BCUT2D eigenvalue weighted by atomic mass is 32.2. The summed E-state index contributed by atoms with van der Waals surface area (Å²) in [6, 6.07) is 10.5. The van der Waals surface area contributed by atoms with Crippen LogP contribution in [0.25, 0.3) is 0 Å².